The molecule has 4 nitrogen and oxygen atoms in total. The monoisotopic (exact) mass is 235 g/mol. The molecule has 0 spiro atoms. The molecule has 5 heteroatoms. The van der Waals surface area contributed by atoms with Crippen LogP contribution >= 0.6 is 7.37 Å². The summed E-state index contributed by atoms with van der Waals surface area (Å²) in [6.07, 6.45) is 5.20. The van der Waals surface area contributed by atoms with Gasteiger partial charge in [-0.25, -0.2) is 0 Å². The molecule has 4 N–H and O–H groups in total. The fourth-order valence-corrected chi connectivity index (χ4v) is 4.38. The van der Waals surface area contributed by atoms with Gasteiger partial charge in [0.2, 0.25) is 7.37 Å². The van der Waals surface area contributed by atoms with E-state index in [2.05, 4.69) is 0 Å². The van der Waals surface area contributed by atoms with Gasteiger partial charge in [0.15, 0.2) is 0 Å². The molecule has 1 saturated carbocycles. The van der Waals surface area contributed by atoms with Crippen molar-refractivity contribution in [3.05, 3.63) is 0 Å². The first-order valence-electron chi connectivity index (χ1n) is 5.72. The van der Waals surface area contributed by atoms with Crippen molar-refractivity contribution in [2.45, 2.75) is 38.2 Å². The van der Waals surface area contributed by atoms with Crippen molar-refractivity contribution in [1.29, 1.82) is 0 Å². The minimum Gasteiger partial charge on any atom is -0.391 e. The van der Waals surface area contributed by atoms with E-state index in [1.165, 1.54) is 19.3 Å². The lowest BCUT2D eigenvalue weighted by molar-refractivity contribution is 0.202. The molecule has 0 saturated heterocycles. The van der Waals surface area contributed by atoms with Gasteiger partial charge in [0.05, 0.1) is 12.3 Å². The van der Waals surface area contributed by atoms with Gasteiger partial charge in [0, 0.05) is 12.7 Å². The van der Waals surface area contributed by atoms with Crippen LogP contribution in [0.2, 0.25) is 0 Å². The summed E-state index contributed by atoms with van der Waals surface area (Å²) in [5.74, 6) is 0.375. The van der Waals surface area contributed by atoms with Crippen LogP contribution < -0.4 is 5.73 Å². The molecule has 0 heterocycles. The number of aliphatic hydroxyl groups is 1. The Morgan fingerprint density at radius 3 is 2.47 bits per heavy atom. The van der Waals surface area contributed by atoms with Crippen LogP contribution in [-0.4, -0.2) is 35.0 Å². The molecule has 0 amide bonds. The Bertz CT molecular complexity index is 229. The van der Waals surface area contributed by atoms with Crippen molar-refractivity contribution >= 4 is 7.37 Å². The molecule has 1 aliphatic rings. The molecule has 2 unspecified atom stereocenters. The average molecular weight is 235 g/mol. The van der Waals surface area contributed by atoms with Gasteiger partial charge >= 0.3 is 0 Å². The number of hydrogen-bond acceptors (Lipinski definition) is 3. The summed E-state index contributed by atoms with van der Waals surface area (Å²) in [5, 5.41) is 9.27. The first-order valence-corrected chi connectivity index (χ1v) is 7.75. The van der Waals surface area contributed by atoms with Crippen molar-refractivity contribution in [2.24, 2.45) is 11.7 Å². The van der Waals surface area contributed by atoms with E-state index in [-0.39, 0.29) is 12.7 Å². The molecule has 1 rings (SSSR count). The second-order valence-corrected chi connectivity index (χ2v) is 7.03. The van der Waals surface area contributed by atoms with Crippen molar-refractivity contribution in [1.82, 2.24) is 0 Å². The number of hydrogen-bond donors (Lipinski definition) is 3. The summed E-state index contributed by atoms with van der Waals surface area (Å²) in [5.41, 5.74) is 5.23. The van der Waals surface area contributed by atoms with E-state index in [9.17, 15) is 14.6 Å². The second kappa shape index (κ2) is 6.00. The highest BCUT2D eigenvalue weighted by molar-refractivity contribution is 7.58. The molecule has 0 aromatic rings. The topological polar surface area (TPSA) is 83.5 Å². The number of aliphatic hydroxyl groups excluding tert-OH is 1. The summed E-state index contributed by atoms with van der Waals surface area (Å²) >= 11 is 0. The van der Waals surface area contributed by atoms with E-state index in [0.717, 1.165) is 12.8 Å². The van der Waals surface area contributed by atoms with E-state index in [4.69, 9.17) is 5.73 Å². The normalized spacial score (nSPS) is 24.7. The Hall–Kier alpha value is 0.110. The van der Waals surface area contributed by atoms with Crippen molar-refractivity contribution < 1.29 is 14.6 Å². The van der Waals surface area contributed by atoms with Crippen LogP contribution in [0, 0.1) is 5.92 Å². The van der Waals surface area contributed by atoms with Gasteiger partial charge in [-0.1, -0.05) is 19.3 Å². The highest BCUT2D eigenvalue weighted by Gasteiger charge is 2.27. The minimum atomic E-state index is -3.16. The Balaban J connectivity index is 2.36. The first-order chi connectivity index (χ1) is 7.03. The van der Waals surface area contributed by atoms with E-state index in [1.807, 2.05) is 0 Å². The van der Waals surface area contributed by atoms with Gasteiger partial charge < -0.3 is 15.7 Å². The minimum absolute atomic E-state index is 0.0417. The Labute approximate surface area is 91.3 Å². The lowest BCUT2D eigenvalue weighted by atomic mass is 9.91. The fourth-order valence-electron chi connectivity index (χ4n) is 2.25. The summed E-state index contributed by atoms with van der Waals surface area (Å²) in [7, 11) is -3.16. The lowest BCUT2D eigenvalue weighted by Gasteiger charge is -2.24. The predicted molar refractivity (Wildman–Crippen MR) is 61.2 cm³/mol. The molecular formula is C10H22NO3P. The standard InChI is InChI=1S/C10H22NO3P/c11-6-10(12)8-15(13,14)7-9-4-2-1-3-5-9/h9-10,12H,1-8,11H2,(H,13,14). The van der Waals surface area contributed by atoms with E-state index >= 15 is 0 Å². The molecule has 15 heavy (non-hydrogen) atoms. The van der Waals surface area contributed by atoms with E-state index in [0.29, 0.717) is 12.1 Å². The highest BCUT2D eigenvalue weighted by Crippen LogP contribution is 2.45. The molecule has 2 atom stereocenters. The Morgan fingerprint density at radius 1 is 1.33 bits per heavy atom. The summed E-state index contributed by atoms with van der Waals surface area (Å²) in [6.45, 7) is 0.0647. The van der Waals surface area contributed by atoms with Gasteiger partial charge in [-0.15, -0.1) is 0 Å². The summed E-state index contributed by atoms with van der Waals surface area (Å²) in [4.78, 5) is 9.71. The first kappa shape index (κ1) is 13.2. The third kappa shape index (κ3) is 5.12. The average Bonchev–Trinajstić information content (AvgIpc) is 2.17. The molecule has 0 bridgehead atoms. The van der Waals surface area contributed by atoms with E-state index < -0.39 is 13.5 Å². The molecule has 0 radical (unpaired) electrons. The van der Waals surface area contributed by atoms with Crippen LogP contribution in [0.4, 0.5) is 0 Å². The van der Waals surface area contributed by atoms with Crippen LogP contribution in [-0.2, 0) is 4.57 Å². The third-order valence-electron chi connectivity index (χ3n) is 3.04. The zero-order valence-electron chi connectivity index (χ0n) is 9.14. The maximum absolute atomic E-state index is 11.8. The molecule has 1 aliphatic carbocycles. The van der Waals surface area contributed by atoms with Crippen LogP contribution in [0.1, 0.15) is 32.1 Å². The van der Waals surface area contributed by atoms with Crippen molar-refractivity contribution in [3.8, 4) is 0 Å². The van der Waals surface area contributed by atoms with Gasteiger partial charge in [-0.05, 0) is 18.8 Å². The predicted octanol–water partition coefficient (Wildman–Crippen LogP) is 1.16. The lowest BCUT2D eigenvalue weighted by Crippen LogP contribution is -2.25. The van der Waals surface area contributed by atoms with Crippen molar-refractivity contribution in [3.63, 3.8) is 0 Å². The molecular weight excluding hydrogens is 213 g/mol. The highest BCUT2D eigenvalue weighted by atomic mass is 31.2. The maximum atomic E-state index is 11.8. The molecule has 0 aromatic carbocycles. The van der Waals surface area contributed by atoms with E-state index in [1.54, 1.807) is 0 Å². The molecule has 1 fully saturated rings. The maximum Gasteiger partial charge on any atom is 0.203 e. The van der Waals surface area contributed by atoms with Gasteiger partial charge in [-0.2, -0.15) is 0 Å². The SMILES string of the molecule is NCC(O)CP(=O)(O)CC1CCCCC1. The zero-order chi connectivity index (χ0) is 11.3. The van der Waals surface area contributed by atoms with Crippen LogP contribution in [0.3, 0.4) is 0 Å². The smallest absolute Gasteiger partial charge is 0.203 e. The molecule has 90 valence electrons. The van der Waals surface area contributed by atoms with Gasteiger partial charge in [-0.3, -0.25) is 4.57 Å². The largest absolute Gasteiger partial charge is 0.391 e. The Kier molecular flexibility index (Phi) is 5.27. The number of nitrogens with two attached hydrogens (primary N) is 1. The second-order valence-electron chi connectivity index (χ2n) is 4.61. The third-order valence-corrected chi connectivity index (χ3v) is 5.12. The van der Waals surface area contributed by atoms with Gasteiger partial charge in [0.25, 0.3) is 0 Å². The fraction of sp³-hybridized carbons (Fsp3) is 1.00. The van der Waals surface area contributed by atoms with Crippen LogP contribution in [0.5, 0.6) is 0 Å². The molecule has 0 aromatic heterocycles. The molecule has 0 aliphatic heterocycles. The quantitative estimate of drug-likeness (QED) is 0.624. The zero-order valence-corrected chi connectivity index (χ0v) is 10.0. The van der Waals surface area contributed by atoms with Crippen LogP contribution in [0.25, 0.3) is 0 Å². The summed E-state index contributed by atoms with van der Waals surface area (Å²) in [6, 6.07) is 0. The number of rotatable bonds is 5. The Morgan fingerprint density at radius 2 is 1.93 bits per heavy atom. The van der Waals surface area contributed by atoms with Crippen LogP contribution in [0.15, 0.2) is 0 Å². The van der Waals surface area contributed by atoms with Gasteiger partial charge in [0.1, 0.15) is 0 Å². The van der Waals surface area contributed by atoms with Crippen molar-refractivity contribution in [2.75, 3.05) is 18.9 Å². The summed E-state index contributed by atoms with van der Waals surface area (Å²) < 4.78 is 11.8.